The number of phenols is 1. The Labute approximate surface area is 105 Å². The van der Waals surface area contributed by atoms with Crippen molar-refractivity contribution in [1.29, 1.82) is 0 Å². The van der Waals surface area contributed by atoms with Crippen LogP contribution in [0, 0.1) is 0 Å². The predicted octanol–water partition coefficient (Wildman–Crippen LogP) is 2.84. The molecule has 0 fully saturated rings. The number of hydrogen-bond donors (Lipinski definition) is 1. The van der Waals surface area contributed by atoms with E-state index in [0.29, 0.717) is 6.61 Å². The van der Waals surface area contributed by atoms with Crippen molar-refractivity contribution in [2.24, 2.45) is 4.99 Å². The highest BCUT2D eigenvalue weighted by Crippen LogP contribution is 2.22. The predicted molar refractivity (Wildman–Crippen MR) is 70.9 cm³/mol. The molecule has 0 saturated heterocycles. The van der Waals surface area contributed by atoms with Crippen molar-refractivity contribution in [2.75, 3.05) is 13.2 Å². The van der Waals surface area contributed by atoms with Crippen molar-refractivity contribution in [3.63, 3.8) is 0 Å². The van der Waals surface area contributed by atoms with Crippen molar-refractivity contribution >= 4 is 5.90 Å². The lowest BCUT2D eigenvalue weighted by Gasteiger charge is -2.05. The molecular formula is C15H13NO2. The fourth-order valence-corrected chi connectivity index (χ4v) is 1.97. The van der Waals surface area contributed by atoms with Crippen molar-refractivity contribution in [2.45, 2.75) is 0 Å². The van der Waals surface area contributed by atoms with Crippen molar-refractivity contribution in [3.05, 3.63) is 54.1 Å². The summed E-state index contributed by atoms with van der Waals surface area (Å²) in [5.41, 5.74) is 3.20. The van der Waals surface area contributed by atoms with Gasteiger partial charge in [-0.15, -0.1) is 0 Å². The third-order valence-corrected chi connectivity index (χ3v) is 2.92. The van der Waals surface area contributed by atoms with Crippen LogP contribution in [0.4, 0.5) is 0 Å². The standard InChI is InChI=1S/C15H13NO2/c17-14-7-5-12(6-8-14)11-1-3-13(4-2-11)15-16-9-10-18-15/h1-8,17H,9-10H2. The molecule has 3 nitrogen and oxygen atoms in total. The fraction of sp³-hybridized carbons (Fsp3) is 0.133. The molecule has 0 spiro atoms. The number of nitrogens with zero attached hydrogens (tertiary/aromatic N) is 1. The molecule has 3 rings (SSSR count). The number of hydrogen-bond acceptors (Lipinski definition) is 3. The van der Waals surface area contributed by atoms with Gasteiger partial charge >= 0.3 is 0 Å². The number of benzene rings is 2. The smallest absolute Gasteiger partial charge is 0.216 e. The van der Waals surface area contributed by atoms with Gasteiger partial charge in [0.2, 0.25) is 5.90 Å². The molecule has 0 amide bonds. The maximum Gasteiger partial charge on any atom is 0.216 e. The van der Waals surface area contributed by atoms with E-state index in [0.717, 1.165) is 29.1 Å². The lowest BCUT2D eigenvalue weighted by atomic mass is 10.0. The monoisotopic (exact) mass is 239 g/mol. The summed E-state index contributed by atoms with van der Waals surface area (Å²) in [5.74, 6) is 1.01. The minimum atomic E-state index is 0.282. The minimum absolute atomic E-state index is 0.282. The van der Waals surface area contributed by atoms with Crippen molar-refractivity contribution < 1.29 is 9.84 Å². The molecule has 1 aliphatic rings. The zero-order valence-corrected chi connectivity index (χ0v) is 9.84. The van der Waals surface area contributed by atoms with Crippen LogP contribution >= 0.6 is 0 Å². The van der Waals surface area contributed by atoms with Crippen molar-refractivity contribution in [3.8, 4) is 16.9 Å². The van der Waals surface area contributed by atoms with Gasteiger partial charge in [-0.05, 0) is 35.4 Å². The van der Waals surface area contributed by atoms with Crippen LogP contribution in [0.3, 0.4) is 0 Å². The number of ether oxygens (including phenoxy) is 1. The largest absolute Gasteiger partial charge is 0.508 e. The van der Waals surface area contributed by atoms with Gasteiger partial charge in [-0.2, -0.15) is 0 Å². The average Bonchev–Trinajstić information content (AvgIpc) is 2.94. The Balaban J connectivity index is 1.88. The Morgan fingerprint density at radius 3 is 1.94 bits per heavy atom. The molecular weight excluding hydrogens is 226 g/mol. The Hall–Kier alpha value is -2.29. The minimum Gasteiger partial charge on any atom is -0.508 e. The van der Waals surface area contributed by atoms with Crippen LogP contribution in [0.1, 0.15) is 5.56 Å². The van der Waals surface area contributed by atoms with Crippen LogP contribution in [-0.4, -0.2) is 24.2 Å². The van der Waals surface area contributed by atoms with Gasteiger partial charge in [0.15, 0.2) is 0 Å². The van der Waals surface area contributed by atoms with Crippen LogP contribution in [0.15, 0.2) is 53.5 Å². The van der Waals surface area contributed by atoms with E-state index >= 15 is 0 Å². The first kappa shape index (κ1) is 10.8. The summed E-state index contributed by atoms with van der Waals surface area (Å²) < 4.78 is 5.42. The third-order valence-electron chi connectivity index (χ3n) is 2.92. The van der Waals surface area contributed by atoms with Crippen LogP contribution < -0.4 is 0 Å². The fourth-order valence-electron chi connectivity index (χ4n) is 1.97. The molecule has 1 N–H and O–H groups in total. The average molecular weight is 239 g/mol. The van der Waals surface area contributed by atoms with Gasteiger partial charge in [0, 0.05) is 5.56 Å². The first-order valence-electron chi connectivity index (χ1n) is 5.90. The molecule has 2 aromatic carbocycles. The highest BCUT2D eigenvalue weighted by atomic mass is 16.5. The maximum atomic E-state index is 9.26. The topological polar surface area (TPSA) is 41.8 Å². The first-order valence-corrected chi connectivity index (χ1v) is 5.90. The van der Waals surface area contributed by atoms with Crippen molar-refractivity contribution in [1.82, 2.24) is 0 Å². The van der Waals surface area contributed by atoms with E-state index in [1.165, 1.54) is 0 Å². The van der Waals surface area contributed by atoms with Crippen LogP contribution in [0.25, 0.3) is 11.1 Å². The second-order valence-corrected chi connectivity index (χ2v) is 4.16. The molecule has 1 heterocycles. The van der Waals surface area contributed by atoms with Gasteiger partial charge in [-0.1, -0.05) is 24.3 Å². The summed E-state index contributed by atoms with van der Waals surface area (Å²) in [6, 6.07) is 15.2. The molecule has 0 bridgehead atoms. The van der Waals surface area contributed by atoms with E-state index in [2.05, 4.69) is 4.99 Å². The van der Waals surface area contributed by atoms with Gasteiger partial charge in [0.05, 0.1) is 6.54 Å². The molecule has 0 saturated carbocycles. The molecule has 0 aliphatic carbocycles. The highest BCUT2D eigenvalue weighted by Gasteiger charge is 2.09. The summed E-state index contributed by atoms with van der Waals surface area (Å²) in [6.07, 6.45) is 0. The van der Waals surface area contributed by atoms with E-state index in [9.17, 15) is 5.11 Å². The normalized spacial score (nSPS) is 14.1. The molecule has 0 radical (unpaired) electrons. The van der Waals surface area contributed by atoms with E-state index in [-0.39, 0.29) is 5.75 Å². The summed E-state index contributed by atoms with van der Waals surface area (Å²) in [6.45, 7) is 1.42. The molecule has 0 atom stereocenters. The maximum absolute atomic E-state index is 9.26. The van der Waals surface area contributed by atoms with Crippen LogP contribution in [-0.2, 0) is 4.74 Å². The zero-order valence-electron chi connectivity index (χ0n) is 9.84. The van der Waals surface area contributed by atoms with Gasteiger partial charge in [-0.3, -0.25) is 0 Å². The molecule has 0 unspecified atom stereocenters. The van der Waals surface area contributed by atoms with Crippen LogP contribution in [0.2, 0.25) is 0 Å². The Morgan fingerprint density at radius 1 is 0.833 bits per heavy atom. The molecule has 3 heteroatoms. The molecule has 0 aromatic heterocycles. The third kappa shape index (κ3) is 2.07. The molecule has 1 aliphatic heterocycles. The van der Waals surface area contributed by atoms with Gasteiger partial charge in [-0.25, -0.2) is 4.99 Å². The Bertz CT molecular complexity index is 570. The summed E-state index contributed by atoms with van der Waals surface area (Å²) in [4.78, 5) is 4.28. The SMILES string of the molecule is Oc1ccc(-c2ccc(C3=NCCO3)cc2)cc1. The van der Waals surface area contributed by atoms with E-state index in [1.807, 2.05) is 36.4 Å². The van der Waals surface area contributed by atoms with E-state index < -0.39 is 0 Å². The Kier molecular flexibility index (Phi) is 2.73. The van der Waals surface area contributed by atoms with Crippen LogP contribution in [0.5, 0.6) is 5.75 Å². The number of phenolic OH excluding ortho intramolecular Hbond substituents is 1. The number of rotatable bonds is 2. The van der Waals surface area contributed by atoms with E-state index in [1.54, 1.807) is 12.1 Å². The first-order chi connectivity index (χ1) is 8.83. The van der Waals surface area contributed by atoms with Gasteiger partial charge in [0.1, 0.15) is 12.4 Å². The summed E-state index contributed by atoms with van der Waals surface area (Å²) >= 11 is 0. The lowest BCUT2D eigenvalue weighted by molar-refractivity contribution is 0.348. The second-order valence-electron chi connectivity index (χ2n) is 4.16. The zero-order chi connectivity index (χ0) is 12.4. The molecule has 18 heavy (non-hydrogen) atoms. The summed E-state index contributed by atoms with van der Waals surface area (Å²) in [7, 11) is 0. The van der Waals surface area contributed by atoms with E-state index in [4.69, 9.17) is 4.74 Å². The summed E-state index contributed by atoms with van der Waals surface area (Å²) in [5, 5.41) is 9.26. The lowest BCUT2D eigenvalue weighted by Crippen LogP contribution is -2.00. The van der Waals surface area contributed by atoms with Gasteiger partial charge in [0.25, 0.3) is 0 Å². The Morgan fingerprint density at radius 2 is 1.39 bits per heavy atom. The highest BCUT2D eigenvalue weighted by molar-refractivity contribution is 5.95. The molecule has 90 valence electrons. The quantitative estimate of drug-likeness (QED) is 0.875. The van der Waals surface area contributed by atoms with Gasteiger partial charge < -0.3 is 9.84 Å². The molecule has 2 aromatic rings. The number of aliphatic imine (C=N–C) groups is 1. The number of aromatic hydroxyl groups is 1. The second kappa shape index (κ2) is 4.53.